The van der Waals surface area contributed by atoms with Crippen LogP contribution in [0.4, 0.5) is 18.9 Å². The Hall–Kier alpha value is -1.84. The first-order valence-electron chi connectivity index (χ1n) is 7.49. The highest BCUT2D eigenvalue weighted by atomic mass is 35.5. The van der Waals surface area contributed by atoms with E-state index in [9.17, 15) is 22.8 Å². The monoisotopic (exact) mass is 381 g/mol. The Kier molecular flexibility index (Phi) is 8.67. The van der Waals surface area contributed by atoms with Gasteiger partial charge < -0.3 is 20.7 Å². The van der Waals surface area contributed by atoms with Crippen molar-refractivity contribution in [2.24, 2.45) is 0 Å². The number of hydrogen-bond acceptors (Lipinski definition) is 4. The number of amides is 2. The van der Waals surface area contributed by atoms with Crippen LogP contribution in [0.1, 0.15) is 12.8 Å². The molecule has 6 nitrogen and oxygen atoms in total. The molecule has 0 aliphatic carbocycles. The van der Waals surface area contributed by atoms with Gasteiger partial charge in [0, 0.05) is 13.2 Å². The largest absolute Gasteiger partial charge is 0.377 e. The molecule has 0 spiro atoms. The molecule has 0 bridgehead atoms. The fourth-order valence-electron chi connectivity index (χ4n) is 2.21. The number of hydrogen-bond donors (Lipinski definition) is 3. The van der Waals surface area contributed by atoms with Crippen molar-refractivity contribution in [1.29, 1.82) is 0 Å². The van der Waals surface area contributed by atoms with Crippen LogP contribution in [0.3, 0.4) is 0 Å². The Balaban J connectivity index is 0.00000312. The maximum Gasteiger partial charge on any atom is 0.243 e. The second-order valence-corrected chi connectivity index (χ2v) is 5.31. The third kappa shape index (κ3) is 6.52. The van der Waals surface area contributed by atoms with Crippen molar-refractivity contribution in [1.82, 2.24) is 10.6 Å². The molecule has 25 heavy (non-hydrogen) atoms. The summed E-state index contributed by atoms with van der Waals surface area (Å²) in [4.78, 5) is 23.2. The van der Waals surface area contributed by atoms with Crippen LogP contribution in [0.5, 0.6) is 0 Å². The molecule has 2 rings (SSSR count). The molecule has 1 aliphatic heterocycles. The van der Waals surface area contributed by atoms with Gasteiger partial charge in [0.2, 0.25) is 11.8 Å². The number of carbonyl (C=O) groups is 2. The van der Waals surface area contributed by atoms with Crippen LogP contribution < -0.4 is 16.0 Å². The lowest BCUT2D eigenvalue weighted by molar-refractivity contribution is -0.123. The predicted octanol–water partition coefficient (Wildman–Crippen LogP) is 1.35. The van der Waals surface area contributed by atoms with E-state index >= 15 is 0 Å². The van der Waals surface area contributed by atoms with Crippen LogP contribution in [-0.4, -0.2) is 44.2 Å². The van der Waals surface area contributed by atoms with Gasteiger partial charge in [0.25, 0.3) is 0 Å². The Labute approximate surface area is 148 Å². The average molecular weight is 382 g/mol. The molecular weight excluding hydrogens is 363 g/mol. The highest BCUT2D eigenvalue weighted by molar-refractivity contribution is 5.94. The molecule has 1 aromatic carbocycles. The van der Waals surface area contributed by atoms with Crippen LogP contribution >= 0.6 is 12.4 Å². The van der Waals surface area contributed by atoms with E-state index in [-0.39, 0.29) is 25.1 Å². The Bertz CT molecular complexity index is 613. The fraction of sp³-hybridized carbons (Fsp3) is 0.467. The maximum absolute atomic E-state index is 13.4. The molecule has 3 N–H and O–H groups in total. The normalized spacial score (nSPS) is 16.2. The highest BCUT2D eigenvalue weighted by Gasteiger charge is 2.16. The minimum atomic E-state index is -1.67. The lowest BCUT2D eigenvalue weighted by atomic mass is 10.2. The van der Waals surface area contributed by atoms with E-state index in [0.29, 0.717) is 12.6 Å². The molecule has 1 fully saturated rings. The number of anilines is 1. The molecule has 1 saturated heterocycles. The molecule has 0 aromatic heterocycles. The lowest BCUT2D eigenvalue weighted by Crippen LogP contribution is -2.40. The SMILES string of the molecule is Cl.O=C(CNCC1CCCO1)NCC(=O)Nc1ccc(F)c(F)c1F. The molecule has 1 unspecified atom stereocenters. The zero-order valence-electron chi connectivity index (χ0n) is 13.2. The van der Waals surface area contributed by atoms with E-state index in [0.717, 1.165) is 25.5 Å². The van der Waals surface area contributed by atoms with Crippen molar-refractivity contribution in [2.75, 3.05) is 31.6 Å². The second kappa shape index (κ2) is 10.2. The smallest absolute Gasteiger partial charge is 0.243 e. The van der Waals surface area contributed by atoms with Crippen LogP contribution in [0.2, 0.25) is 0 Å². The standard InChI is InChI=1S/C15H18F3N3O3.ClH/c16-10-3-4-11(15(18)14(10)17)21-13(23)8-20-12(22)7-19-6-9-2-1-5-24-9;/h3-4,9,19H,1-2,5-8H2,(H,20,22)(H,21,23);1H. The molecular formula is C15H19ClF3N3O3. The van der Waals surface area contributed by atoms with E-state index in [2.05, 4.69) is 16.0 Å². The van der Waals surface area contributed by atoms with Crippen LogP contribution in [0.25, 0.3) is 0 Å². The molecule has 140 valence electrons. The molecule has 1 heterocycles. The summed E-state index contributed by atoms with van der Waals surface area (Å²) in [7, 11) is 0. The summed E-state index contributed by atoms with van der Waals surface area (Å²) in [5.74, 6) is -5.69. The topological polar surface area (TPSA) is 79.5 Å². The summed E-state index contributed by atoms with van der Waals surface area (Å²) in [5, 5.41) is 7.29. The lowest BCUT2D eigenvalue weighted by Gasteiger charge is -2.11. The van der Waals surface area contributed by atoms with Crippen molar-refractivity contribution in [3.63, 3.8) is 0 Å². The number of rotatable bonds is 7. The van der Waals surface area contributed by atoms with Gasteiger partial charge in [-0.15, -0.1) is 12.4 Å². The van der Waals surface area contributed by atoms with Crippen LogP contribution in [-0.2, 0) is 14.3 Å². The van der Waals surface area contributed by atoms with E-state index in [1.54, 1.807) is 0 Å². The zero-order chi connectivity index (χ0) is 17.5. The van der Waals surface area contributed by atoms with Gasteiger partial charge in [0.05, 0.1) is 24.9 Å². The quantitative estimate of drug-likeness (QED) is 0.623. The summed E-state index contributed by atoms with van der Waals surface area (Å²) in [6.07, 6.45) is 2.04. The van der Waals surface area contributed by atoms with Gasteiger partial charge in [-0.25, -0.2) is 13.2 Å². The minimum Gasteiger partial charge on any atom is -0.377 e. The Morgan fingerprint density at radius 2 is 1.88 bits per heavy atom. The average Bonchev–Trinajstić information content (AvgIpc) is 3.07. The van der Waals surface area contributed by atoms with E-state index < -0.39 is 41.5 Å². The van der Waals surface area contributed by atoms with Gasteiger partial charge in [-0.1, -0.05) is 0 Å². The Morgan fingerprint density at radius 3 is 2.56 bits per heavy atom. The molecule has 0 saturated carbocycles. The molecule has 1 atom stereocenters. The number of nitrogens with one attached hydrogen (secondary N) is 3. The summed E-state index contributed by atoms with van der Waals surface area (Å²) < 4.78 is 44.6. The van der Waals surface area contributed by atoms with Crippen molar-refractivity contribution in [3.05, 3.63) is 29.6 Å². The first-order valence-corrected chi connectivity index (χ1v) is 7.49. The molecule has 0 radical (unpaired) electrons. The van der Waals surface area contributed by atoms with E-state index in [1.807, 2.05) is 0 Å². The molecule has 1 aromatic rings. The fourth-order valence-corrected chi connectivity index (χ4v) is 2.21. The van der Waals surface area contributed by atoms with Crippen LogP contribution in [0, 0.1) is 17.5 Å². The Morgan fingerprint density at radius 1 is 1.12 bits per heavy atom. The number of carbonyl (C=O) groups excluding carboxylic acids is 2. The molecule has 10 heteroatoms. The second-order valence-electron chi connectivity index (χ2n) is 5.31. The van der Waals surface area contributed by atoms with E-state index in [1.165, 1.54) is 0 Å². The van der Waals surface area contributed by atoms with Gasteiger partial charge in [-0.05, 0) is 25.0 Å². The van der Waals surface area contributed by atoms with Crippen molar-refractivity contribution < 1.29 is 27.5 Å². The third-order valence-electron chi connectivity index (χ3n) is 3.44. The summed E-state index contributed by atoms with van der Waals surface area (Å²) in [5.41, 5.74) is -0.496. The van der Waals surface area contributed by atoms with Crippen molar-refractivity contribution in [2.45, 2.75) is 18.9 Å². The zero-order valence-corrected chi connectivity index (χ0v) is 14.1. The maximum atomic E-state index is 13.4. The third-order valence-corrected chi connectivity index (χ3v) is 3.44. The van der Waals surface area contributed by atoms with Crippen LogP contribution in [0.15, 0.2) is 12.1 Å². The summed E-state index contributed by atoms with van der Waals surface area (Å²) in [6.45, 7) is 0.852. The van der Waals surface area contributed by atoms with Gasteiger partial charge in [-0.3, -0.25) is 9.59 Å². The highest BCUT2D eigenvalue weighted by Crippen LogP contribution is 2.19. The minimum absolute atomic E-state index is 0. The molecule has 1 aliphatic rings. The van der Waals surface area contributed by atoms with Gasteiger partial charge in [-0.2, -0.15) is 0 Å². The van der Waals surface area contributed by atoms with Gasteiger partial charge >= 0.3 is 0 Å². The first kappa shape index (κ1) is 21.2. The summed E-state index contributed by atoms with van der Waals surface area (Å²) in [6, 6.07) is 1.60. The number of halogens is 4. The van der Waals surface area contributed by atoms with Gasteiger partial charge in [0.15, 0.2) is 17.5 Å². The molecule has 2 amide bonds. The number of benzene rings is 1. The predicted molar refractivity (Wildman–Crippen MR) is 87.0 cm³/mol. The summed E-state index contributed by atoms with van der Waals surface area (Å²) >= 11 is 0. The first-order chi connectivity index (χ1) is 11.5. The van der Waals surface area contributed by atoms with Crippen molar-refractivity contribution >= 4 is 29.9 Å². The van der Waals surface area contributed by atoms with Crippen molar-refractivity contribution in [3.8, 4) is 0 Å². The van der Waals surface area contributed by atoms with E-state index in [4.69, 9.17) is 4.74 Å². The number of ether oxygens (including phenoxy) is 1. The van der Waals surface area contributed by atoms with Gasteiger partial charge in [0.1, 0.15) is 0 Å².